The van der Waals surface area contributed by atoms with Crippen LogP contribution in [0.1, 0.15) is 5.56 Å². The van der Waals surface area contributed by atoms with E-state index in [0.29, 0.717) is 34.2 Å². The molecule has 0 atom stereocenters. The molecule has 3 aromatic carbocycles. The molecule has 4 rings (SSSR count). The highest BCUT2D eigenvalue weighted by molar-refractivity contribution is 6.30. The number of rotatable bonds is 4. The highest BCUT2D eigenvalue weighted by Gasteiger charge is 2.20. The number of imidazole rings is 1. The summed E-state index contributed by atoms with van der Waals surface area (Å²) in [6, 6.07) is 17.5. The SMILES string of the molecule is COc1cc(Cl)ccc1-c1nc2c(F)c(F)ccc2n1Cc1ccccc1. The fourth-order valence-corrected chi connectivity index (χ4v) is 3.28. The van der Waals surface area contributed by atoms with Crippen LogP contribution in [0.15, 0.2) is 60.7 Å². The van der Waals surface area contributed by atoms with Crippen molar-refractivity contribution in [2.45, 2.75) is 6.54 Å². The van der Waals surface area contributed by atoms with E-state index in [1.54, 1.807) is 18.2 Å². The molecule has 0 aliphatic heterocycles. The quantitative estimate of drug-likeness (QED) is 0.452. The molecule has 0 aliphatic rings. The number of hydrogen-bond acceptors (Lipinski definition) is 2. The van der Waals surface area contributed by atoms with Crippen molar-refractivity contribution in [3.8, 4) is 17.1 Å². The average Bonchev–Trinajstić information content (AvgIpc) is 3.04. The lowest BCUT2D eigenvalue weighted by molar-refractivity contribution is 0.416. The minimum absolute atomic E-state index is 0.0158. The Morgan fingerprint density at radius 3 is 2.56 bits per heavy atom. The average molecular weight is 385 g/mol. The van der Waals surface area contributed by atoms with E-state index < -0.39 is 11.6 Å². The van der Waals surface area contributed by atoms with Crippen LogP contribution in [0.2, 0.25) is 5.02 Å². The summed E-state index contributed by atoms with van der Waals surface area (Å²) in [7, 11) is 1.53. The van der Waals surface area contributed by atoms with Crippen LogP contribution >= 0.6 is 11.6 Å². The van der Waals surface area contributed by atoms with Gasteiger partial charge in [0.05, 0.1) is 18.2 Å². The Kier molecular flexibility index (Phi) is 4.54. The summed E-state index contributed by atoms with van der Waals surface area (Å²) < 4.78 is 35.4. The zero-order valence-corrected chi connectivity index (χ0v) is 15.2. The van der Waals surface area contributed by atoms with Gasteiger partial charge >= 0.3 is 0 Å². The first-order valence-electron chi connectivity index (χ1n) is 8.30. The second kappa shape index (κ2) is 7.00. The van der Waals surface area contributed by atoms with E-state index in [0.717, 1.165) is 11.6 Å². The lowest BCUT2D eigenvalue weighted by atomic mass is 10.1. The summed E-state index contributed by atoms with van der Waals surface area (Å²) in [5.41, 5.74) is 2.15. The van der Waals surface area contributed by atoms with Gasteiger partial charge < -0.3 is 9.30 Å². The Bertz CT molecular complexity index is 1130. The monoisotopic (exact) mass is 384 g/mol. The summed E-state index contributed by atoms with van der Waals surface area (Å²) in [5.74, 6) is -0.908. The van der Waals surface area contributed by atoms with Crippen LogP contribution < -0.4 is 4.74 Å². The van der Waals surface area contributed by atoms with Gasteiger partial charge in [-0.15, -0.1) is 0 Å². The maximum Gasteiger partial charge on any atom is 0.186 e. The maximum absolute atomic E-state index is 14.4. The second-order valence-corrected chi connectivity index (χ2v) is 6.52. The standard InChI is InChI=1S/C21H15ClF2N2O/c1-27-18-11-14(22)7-8-15(18)21-25-20-17(10-9-16(23)19(20)24)26(21)12-13-5-3-2-4-6-13/h2-11H,12H2,1H3. The molecular formula is C21H15ClF2N2O. The number of aromatic nitrogens is 2. The number of benzene rings is 3. The molecule has 1 heterocycles. The van der Waals surface area contributed by atoms with E-state index in [-0.39, 0.29) is 5.52 Å². The first-order chi connectivity index (χ1) is 13.1. The predicted molar refractivity (Wildman–Crippen MR) is 102 cm³/mol. The van der Waals surface area contributed by atoms with Gasteiger partial charge in [-0.3, -0.25) is 0 Å². The molecule has 3 nitrogen and oxygen atoms in total. The van der Waals surface area contributed by atoms with Gasteiger partial charge in [0.2, 0.25) is 0 Å². The highest BCUT2D eigenvalue weighted by atomic mass is 35.5. The van der Waals surface area contributed by atoms with Crippen LogP contribution in [-0.4, -0.2) is 16.7 Å². The Hall–Kier alpha value is -2.92. The number of methoxy groups -OCH3 is 1. The first-order valence-corrected chi connectivity index (χ1v) is 8.68. The Morgan fingerprint density at radius 2 is 1.81 bits per heavy atom. The van der Waals surface area contributed by atoms with Crippen molar-refractivity contribution in [1.82, 2.24) is 9.55 Å². The molecule has 0 N–H and O–H groups in total. The normalized spacial score (nSPS) is 11.1. The lowest BCUT2D eigenvalue weighted by Gasteiger charge is -2.12. The van der Waals surface area contributed by atoms with Gasteiger partial charge in [0.25, 0.3) is 0 Å². The van der Waals surface area contributed by atoms with E-state index in [9.17, 15) is 8.78 Å². The maximum atomic E-state index is 14.4. The molecule has 0 aliphatic carbocycles. The van der Waals surface area contributed by atoms with Crippen LogP contribution in [0.3, 0.4) is 0 Å². The molecular weight excluding hydrogens is 370 g/mol. The summed E-state index contributed by atoms with van der Waals surface area (Å²) in [4.78, 5) is 4.40. The van der Waals surface area contributed by atoms with Crippen LogP contribution in [0, 0.1) is 11.6 Å². The van der Waals surface area contributed by atoms with Crippen molar-refractivity contribution in [3.05, 3.63) is 82.9 Å². The molecule has 0 spiro atoms. The van der Waals surface area contributed by atoms with Crippen LogP contribution in [-0.2, 0) is 6.54 Å². The molecule has 0 fully saturated rings. The molecule has 4 aromatic rings. The fourth-order valence-electron chi connectivity index (χ4n) is 3.12. The largest absolute Gasteiger partial charge is 0.496 e. The zero-order chi connectivity index (χ0) is 19.0. The number of halogens is 3. The number of ether oxygens (including phenoxy) is 1. The molecule has 0 saturated heterocycles. The molecule has 0 amide bonds. The molecule has 136 valence electrons. The Balaban J connectivity index is 1.99. The lowest BCUT2D eigenvalue weighted by Crippen LogP contribution is -2.03. The molecule has 0 radical (unpaired) electrons. The first kappa shape index (κ1) is 17.5. The third kappa shape index (κ3) is 3.15. The zero-order valence-electron chi connectivity index (χ0n) is 14.4. The van der Waals surface area contributed by atoms with Crippen LogP contribution in [0.4, 0.5) is 8.78 Å². The minimum atomic E-state index is -0.964. The Labute approximate surface area is 159 Å². The Morgan fingerprint density at radius 1 is 1.04 bits per heavy atom. The fraction of sp³-hybridized carbons (Fsp3) is 0.0952. The van der Waals surface area contributed by atoms with Crippen molar-refractivity contribution >= 4 is 22.6 Å². The molecule has 0 bridgehead atoms. The molecule has 0 saturated carbocycles. The topological polar surface area (TPSA) is 27.1 Å². The smallest absolute Gasteiger partial charge is 0.186 e. The van der Waals surface area contributed by atoms with E-state index >= 15 is 0 Å². The van der Waals surface area contributed by atoms with Gasteiger partial charge in [-0.05, 0) is 35.9 Å². The van der Waals surface area contributed by atoms with Gasteiger partial charge in [0.15, 0.2) is 11.6 Å². The van der Waals surface area contributed by atoms with Crippen molar-refractivity contribution in [2.75, 3.05) is 7.11 Å². The van der Waals surface area contributed by atoms with E-state index in [2.05, 4.69) is 4.98 Å². The number of hydrogen-bond donors (Lipinski definition) is 0. The number of fused-ring (bicyclic) bond motifs is 1. The van der Waals surface area contributed by atoms with Gasteiger partial charge in [-0.2, -0.15) is 0 Å². The summed E-state index contributed by atoms with van der Waals surface area (Å²) in [6.45, 7) is 0.448. The summed E-state index contributed by atoms with van der Waals surface area (Å²) in [5, 5.41) is 0.513. The highest BCUT2D eigenvalue weighted by Crippen LogP contribution is 2.35. The molecule has 6 heteroatoms. The molecule has 0 unspecified atom stereocenters. The third-order valence-corrected chi connectivity index (χ3v) is 4.63. The van der Waals surface area contributed by atoms with Gasteiger partial charge in [0, 0.05) is 11.6 Å². The summed E-state index contributed by atoms with van der Waals surface area (Å²) in [6.07, 6.45) is 0. The minimum Gasteiger partial charge on any atom is -0.496 e. The van der Waals surface area contributed by atoms with Gasteiger partial charge in [-0.1, -0.05) is 41.9 Å². The van der Waals surface area contributed by atoms with E-state index in [4.69, 9.17) is 16.3 Å². The molecule has 27 heavy (non-hydrogen) atoms. The van der Waals surface area contributed by atoms with Crippen molar-refractivity contribution < 1.29 is 13.5 Å². The van der Waals surface area contributed by atoms with E-state index in [1.165, 1.54) is 13.2 Å². The molecule has 1 aromatic heterocycles. The number of nitrogens with zero attached hydrogens (tertiary/aromatic N) is 2. The van der Waals surface area contributed by atoms with Crippen molar-refractivity contribution in [3.63, 3.8) is 0 Å². The van der Waals surface area contributed by atoms with Crippen molar-refractivity contribution in [1.29, 1.82) is 0 Å². The predicted octanol–water partition coefficient (Wildman–Crippen LogP) is 5.69. The second-order valence-electron chi connectivity index (χ2n) is 6.08. The van der Waals surface area contributed by atoms with Crippen LogP contribution in [0.25, 0.3) is 22.4 Å². The van der Waals surface area contributed by atoms with Gasteiger partial charge in [0.1, 0.15) is 17.1 Å². The van der Waals surface area contributed by atoms with Crippen molar-refractivity contribution in [2.24, 2.45) is 0 Å². The van der Waals surface area contributed by atoms with E-state index in [1.807, 2.05) is 34.9 Å². The third-order valence-electron chi connectivity index (χ3n) is 4.40. The van der Waals surface area contributed by atoms with Crippen LogP contribution in [0.5, 0.6) is 5.75 Å². The van der Waals surface area contributed by atoms with Gasteiger partial charge in [-0.25, -0.2) is 13.8 Å². The summed E-state index contributed by atoms with van der Waals surface area (Å²) >= 11 is 6.06.